The fourth-order valence-electron chi connectivity index (χ4n) is 3.34. The smallest absolute Gasteiger partial charge is 0.257 e. The first-order valence-corrected chi connectivity index (χ1v) is 10.7. The number of amides is 1. The summed E-state index contributed by atoms with van der Waals surface area (Å²) in [6.45, 7) is 4.61. The first-order chi connectivity index (χ1) is 13.3. The molecule has 0 saturated heterocycles. The summed E-state index contributed by atoms with van der Waals surface area (Å²) in [7, 11) is -3.43. The SMILES string of the molecule is CCOc1cc2c(cc1NC(=O)C1=CN3CCS(=O)(=O)N=C3C=C1)OC(C)C2. The third-order valence-corrected chi connectivity index (χ3v) is 5.80. The summed E-state index contributed by atoms with van der Waals surface area (Å²) in [5.41, 5.74) is 1.99. The number of nitrogens with zero attached hydrogens (tertiary/aromatic N) is 2. The molecule has 3 aliphatic heterocycles. The molecule has 8 nitrogen and oxygen atoms in total. The Hall–Kier alpha value is -2.81. The second-order valence-electron chi connectivity index (χ2n) is 6.82. The van der Waals surface area contributed by atoms with Gasteiger partial charge in [0.15, 0.2) is 0 Å². The predicted molar refractivity (Wildman–Crippen MR) is 105 cm³/mol. The number of rotatable bonds is 4. The molecule has 0 saturated carbocycles. The normalized spacial score (nSPS) is 21.8. The lowest BCUT2D eigenvalue weighted by Gasteiger charge is -2.27. The first-order valence-electron chi connectivity index (χ1n) is 9.11. The van der Waals surface area contributed by atoms with Gasteiger partial charge in [-0.1, -0.05) is 0 Å². The average Bonchev–Trinajstić information content (AvgIpc) is 3.00. The molecule has 1 aromatic carbocycles. The average molecular weight is 403 g/mol. The van der Waals surface area contributed by atoms with E-state index >= 15 is 0 Å². The largest absolute Gasteiger partial charge is 0.492 e. The van der Waals surface area contributed by atoms with E-state index in [4.69, 9.17) is 9.47 Å². The lowest BCUT2D eigenvalue weighted by atomic mass is 10.1. The Bertz CT molecular complexity index is 1030. The Kier molecular flexibility index (Phi) is 4.62. The number of carbonyl (C=O) groups is 1. The molecule has 0 bridgehead atoms. The Morgan fingerprint density at radius 2 is 2.21 bits per heavy atom. The van der Waals surface area contributed by atoms with Crippen LogP contribution in [-0.2, 0) is 21.2 Å². The molecule has 28 heavy (non-hydrogen) atoms. The summed E-state index contributed by atoms with van der Waals surface area (Å²) in [6.07, 6.45) is 5.58. The molecule has 3 aliphatic rings. The topological polar surface area (TPSA) is 97.3 Å². The van der Waals surface area contributed by atoms with Crippen molar-refractivity contribution in [1.29, 1.82) is 0 Å². The van der Waals surface area contributed by atoms with Gasteiger partial charge in [-0.3, -0.25) is 4.79 Å². The van der Waals surface area contributed by atoms with Gasteiger partial charge in [-0.15, -0.1) is 4.40 Å². The number of fused-ring (bicyclic) bond motifs is 2. The molecule has 0 fully saturated rings. The number of hydrogen-bond donors (Lipinski definition) is 1. The van der Waals surface area contributed by atoms with Crippen molar-refractivity contribution in [2.45, 2.75) is 26.4 Å². The van der Waals surface area contributed by atoms with Crippen LogP contribution < -0.4 is 14.8 Å². The highest BCUT2D eigenvalue weighted by atomic mass is 32.2. The molecule has 1 atom stereocenters. The van der Waals surface area contributed by atoms with E-state index in [1.165, 1.54) is 6.08 Å². The second kappa shape index (κ2) is 6.97. The van der Waals surface area contributed by atoms with Crippen molar-refractivity contribution in [2.24, 2.45) is 4.40 Å². The molecule has 4 rings (SSSR count). The number of sulfonamides is 1. The number of nitrogens with one attached hydrogen (secondary N) is 1. The minimum Gasteiger partial charge on any atom is -0.492 e. The van der Waals surface area contributed by atoms with Crippen LogP contribution in [0.25, 0.3) is 0 Å². The third-order valence-electron chi connectivity index (χ3n) is 4.63. The van der Waals surface area contributed by atoms with Gasteiger partial charge < -0.3 is 19.7 Å². The van der Waals surface area contributed by atoms with E-state index < -0.39 is 10.0 Å². The van der Waals surface area contributed by atoms with Gasteiger partial charge in [0.05, 0.1) is 23.6 Å². The monoisotopic (exact) mass is 403 g/mol. The van der Waals surface area contributed by atoms with E-state index in [1.54, 1.807) is 23.2 Å². The Morgan fingerprint density at radius 1 is 1.39 bits per heavy atom. The van der Waals surface area contributed by atoms with E-state index in [0.29, 0.717) is 29.5 Å². The van der Waals surface area contributed by atoms with Gasteiger partial charge in [-0.2, -0.15) is 0 Å². The maximum Gasteiger partial charge on any atom is 0.257 e. The van der Waals surface area contributed by atoms with E-state index in [0.717, 1.165) is 17.7 Å². The van der Waals surface area contributed by atoms with Crippen LogP contribution >= 0.6 is 0 Å². The molecule has 0 radical (unpaired) electrons. The van der Waals surface area contributed by atoms with Crippen LogP contribution in [0.2, 0.25) is 0 Å². The zero-order valence-electron chi connectivity index (χ0n) is 15.6. The van der Waals surface area contributed by atoms with Crippen LogP contribution in [0.5, 0.6) is 11.5 Å². The lowest BCUT2D eigenvalue weighted by Crippen LogP contribution is -2.37. The Balaban J connectivity index is 1.57. The van der Waals surface area contributed by atoms with Gasteiger partial charge in [0.25, 0.3) is 15.9 Å². The minimum atomic E-state index is -3.43. The fourth-order valence-corrected chi connectivity index (χ4v) is 4.31. The molecule has 3 heterocycles. The van der Waals surface area contributed by atoms with E-state index in [9.17, 15) is 13.2 Å². The van der Waals surface area contributed by atoms with Crippen LogP contribution in [-0.4, -0.2) is 50.1 Å². The van der Waals surface area contributed by atoms with Crippen molar-refractivity contribution in [2.75, 3.05) is 24.2 Å². The highest BCUT2D eigenvalue weighted by Crippen LogP contribution is 2.38. The number of benzene rings is 1. The van der Waals surface area contributed by atoms with Crippen molar-refractivity contribution in [3.8, 4) is 11.5 Å². The summed E-state index contributed by atoms with van der Waals surface area (Å²) in [5.74, 6) is 1.26. The predicted octanol–water partition coefficient (Wildman–Crippen LogP) is 1.84. The Morgan fingerprint density at radius 3 is 3.00 bits per heavy atom. The first kappa shape index (κ1) is 18.5. The van der Waals surface area contributed by atoms with Gasteiger partial charge in [0.2, 0.25) is 0 Å². The minimum absolute atomic E-state index is 0.0788. The number of carbonyl (C=O) groups excluding carboxylic acids is 1. The van der Waals surface area contributed by atoms with Crippen LogP contribution in [0, 0.1) is 0 Å². The summed E-state index contributed by atoms with van der Waals surface area (Å²) >= 11 is 0. The summed E-state index contributed by atoms with van der Waals surface area (Å²) in [4.78, 5) is 14.4. The quantitative estimate of drug-likeness (QED) is 0.824. The molecule has 1 N–H and O–H groups in total. The Labute approximate surface area is 163 Å². The third kappa shape index (κ3) is 3.62. The van der Waals surface area contributed by atoms with Gasteiger partial charge in [0.1, 0.15) is 23.4 Å². The van der Waals surface area contributed by atoms with E-state index in [1.807, 2.05) is 19.9 Å². The van der Waals surface area contributed by atoms with E-state index in [-0.39, 0.29) is 24.3 Å². The highest BCUT2D eigenvalue weighted by Gasteiger charge is 2.26. The molecule has 0 aromatic heterocycles. The van der Waals surface area contributed by atoms with Gasteiger partial charge in [-0.05, 0) is 32.1 Å². The molecular weight excluding hydrogens is 382 g/mol. The molecule has 1 amide bonds. The number of anilines is 1. The maximum absolute atomic E-state index is 12.8. The summed E-state index contributed by atoms with van der Waals surface area (Å²) < 4.78 is 38.4. The zero-order chi connectivity index (χ0) is 19.9. The fraction of sp³-hybridized carbons (Fsp3) is 0.368. The second-order valence-corrected chi connectivity index (χ2v) is 8.58. The van der Waals surface area contributed by atoms with Gasteiger partial charge in [0, 0.05) is 30.8 Å². The highest BCUT2D eigenvalue weighted by molar-refractivity contribution is 7.90. The lowest BCUT2D eigenvalue weighted by molar-refractivity contribution is -0.112. The van der Waals surface area contributed by atoms with Crippen molar-refractivity contribution < 1.29 is 22.7 Å². The molecule has 0 aliphatic carbocycles. The van der Waals surface area contributed by atoms with Crippen LogP contribution in [0.1, 0.15) is 19.4 Å². The zero-order valence-corrected chi connectivity index (χ0v) is 16.5. The van der Waals surface area contributed by atoms with Crippen molar-refractivity contribution in [3.63, 3.8) is 0 Å². The standard InChI is InChI=1S/C19H21N3O5S/c1-3-26-17-9-14-8-12(2)27-16(14)10-15(17)20-19(23)13-4-5-18-21-28(24,25)7-6-22(18)11-13/h4-5,9-12H,3,6-8H2,1-2H3,(H,20,23). The molecule has 1 unspecified atom stereocenters. The van der Waals surface area contributed by atoms with Crippen LogP contribution in [0.4, 0.5) is 5.69 Å². The molecular formula is C19H21N3O5S. The van der Waals surface area contributed by atoms with Crippen molar-refractivity contribution in [3.05, 3.63) is 41.6 Å². The van der Waals surface area contributed by atoms with Gasteiger partial charge in [-0.25, -0.2) is 8.42 Å². The van der Waals surface area contributed by atoms with Crippen LogP contribution in [0.15, 0.2) is 40.5 Å². The summed E-state index contributed by atoms with van der Waals surface area (Å²) in [5, 5.41) is 2.87. The number of hydrogen-bond acceptors (Lipinski definition) is 6. The number of ether oxygens (including phenoxy) is 2. The van der Waals surface area contributed by atoms with E-state index in [2.05, 4.69) is 9.71 Å². The molecule has 0 spiro atoms. The number of amidine groups is 1. The summed E-state index contributed by atoms with van der Waals surface area (Å²) in [6, 6.07) is 3.69. The van der Waals surface area contributed by atoms with Gasteiger partial charge >= 0.3 is 0 Å². The van der Waals surface area contributed by atoms with Crippen LogP contribution in [0.3, 0.4) is 0 Å². The molecule has 9 heteroatoms. The van der Waals surface area contributed by atoms with Crippen molar-refractivity contribution >= 4 is 27.5 Å². The molecule has 148 valence electrons. The van der Waals surface area contributed by atoms with Crippen molar-refractivity contribution in [1.82, 2.24) is 4.90 Å². The maximum atomic E-state index is 12.8. The molecule has 1 aromatic rings.